The highest BCUT2D eigenvalue weighted by Crippen LogP contribution is 2.18. The van der Waals surface area contributed by atoms with Crippen LogP contribution in [0.25, 0.3) is 0 Å². The molecule has 0 aliphatic carbocycles. The topological polar surface area (TPSA) is 58.6 Å². The van der Waals surface area contributed by atoms with E-state index in [0.717, 1.165) is 9.35 Å². The fraction of sp³-hybridized carbons (Fsp3) is 0.294. The first kappa shape index (κ1) is 17.1. The molecule has 24 heavy (non-hydrogen) atoms. The van der Waals surface area contributed by atoms with Crippen LogP contribution in [0.5, 0.6) is 0 Å². The molecule has 126 valence electrons. The Morgan fingerprint density at radius 1 is 1.33 bits per heavy atom. The summed E-state index contributed by atoms with van der Waals surface area (Å²) in [6.45, 7) is 1.58. The maximum absolute atomic E-state index is 12.5. The molecule has 0 bridgehead atoms. The molecule has 1 aromatic carbocycles. The quantitative estimate of drug-likeness (QED) is 0.825. The molecule has 1 aromatic heterocycles. The van der Waals surface area contributed by atoms with Gasteiger partial charge in [-0.3, -0.25) is 9.59 Å². The Morgan fingerprint density at radius 2 is 2.12 bits per heavy atom. The maximum atomic E-state index is 12.5. The molecule has 1 atom stereocenters. The zero-order valence-electron chi connectivity index (χ0n) is 12.9. The summed E-state index contributed by atoms with van der Waals surface area (Å²) in [5.74, 6) is -0.353. The highest BCUT2D eigenvalue weighted by Gasteiger charge is 2.31. The average Bonchev–Trinajstić information content (AvgIpc) is 3.06. The lowest BCUT2D eigenvalue weighted by molar-refractivity contribution is -0.155. The van der Waals surface area contributed by atoms with Gasteiger partial charge in [0.1, 0.15) is 6.10 Å². The van der Waals surface area contributed by atoms with E-state index in [1.54, 1.807) is 28.4 Å². The number of benzene rings is 1. The number of amides is 2. The highest BCUT2D eigenvalue weighted by atomic mass is 79.9. The fourth-order valence-electron chi connectivity index (χ4n) is 2.50. The van der Waals surface area contributed by atoms with E-state index in [1.165, 1.54) is 0 Å². The first-order valence-corrected chi connectivity index (χ1v) is 9.27. The summed E-state index contributed by atoms with van der Waals surface area (Å²) in [5, 5.41) is 4.78. The molecule has 0 spiro atoms. The summed E-state index contributed by atoms with van der Waals surface area (Å²) in [6.07, 6.45) is -0.690. The number of hydrogen-bond acceptors (Lipinski definition) is 4. The van der Waals surface area contributed by atoms with Gasteiger partial charge >= 0.3 is 0 Å². The molecule has 1 N–H and O–H groups in total. The zero-order chi connectivity index (χ0) is 16.9. The van der Waals surface area contributed by atoms with Gasteiger partial charge in [-0.05, 0) is 35.7 Å². The Hall–Kier alpha value is -1.70. The number of thiophene rings is 1. The molecule has 2 aromatic rings. The summed E-state index contributed by atoms with van der Waals surface area (Å²) in [5.41, 5.74) is 0.696. The largest absolute Gasteiger partial charge is 0.366 e. The first-order chi connectivity index (χ1) is 11.6. The molecule has 5 nitrogen and oxygen atoms in total. The number of hydrogen-bond donors (Lipinski definition) is 1. The standard InChI is InChI=1S/C17H17BrN2O3S/c18-12-3-5-13(6-4-12)19-16(21)10-15-17(22)20(7-8-23-15)11-14-2-1-9-24-14/h1-6,9,15H,7-8,10-11H2,(H,19,21)/t15-/m0/s1. The molecule has 1 aliphatic rings. The summed E-state index contributed by atoms with van der Waals surface area (Å²) in [6, 6.07) is 11.3. The number of nitrogens with zero attached hydrogens (tertiary/aromatic N) is 1. The molecule has 2 heterocycles. The Balaban J connectivity index is 1.56. The van der Waals surface area contributed by atoms with E-state index in [-0.39, 0.29) is 18.2 Å². The summed E-state index contributed by atoms with van der Waals surface area (Å²) < 4.78 is 6.45. The Bertz CT molecular complexity index is 703. The molecule has 3 rings (SSSR count). The number of nitrogens with one attached hydrogen (secondary N) is 1. The van der Waals surface area contributed by atoms with E-state index in [1.807, 2.05) is 29.6 Å². The molecule has 2 amide bonds. The number of rotatable bonds is 5. The second kappa shape index (κ2) is 7.92. The predicted molar refractivity (Wildman–Crippen MR) is 96.9 cm³/mol. The van der Waals surface area contributed by atoms with Crippen LogP contribution >= 0.6 is 27.3 Å². The Morgan fingerprint density at radius 3 is 2.83 bits per heavy atom. The van der Waals surface area contributed by atoms with Gasteiger partial charge in [0.05, 0.1) is 19.6 Å². The number of carbonyl (C=O) groups is 2. The first-order valence-electron chi connectivity index (χ1n) is 7.60. The normalized spacial score (nSPS) is 17.8. The van der Waals surface area contributed by atoms with Crippen LogP contribution in [0.2, 0.25) is 0 Å². The van der Waals surface area contributed by atoms with Crippen LogP contribution in [-0.4, -0.2) is 36.0 Å². The summed E-state index contributed by atoms with van der Waals surface area (Å²) in [4.78, 5) is 27.6. The minimum Gasteiger partial charge on any atom is -0.366 e. The third-order valence-corrected chi connectivity index (χ3v) is 5.08. The molecule has 1 aliphatic heterocycles. The SMILES string of the molecule is O=C(C[C@@H]1OCCN(Cc2cccs2)C1=O)Nc1ccc(Br)cc1. The van der Waals surface area contributed by atoms with Gasteiger partial charge in [-0.15, -0.1) is 11.3 Å². The third kappa shape index (κ3) is 4.43. The van der Waals surface area contributed by atoms with E-state index in [2.05, 4.69) is 21.2 Å². The fourth-order valence-corrected chi connectivity index (χ4v) is 3.48. The van der Waals surface area contributed by atoms with Crippen LogP contribution in [-0.2, 0) is 20.9 Å². The predicted octanol–water partition coefficient (Wildman–Crippen LogP) is 3.27. The number of anilines is 1. The van der Waals surface area contributed by atoms with Crippen molar-refractivity contribution < 1.29 is 14.3 Å². The average molecular weight is 409 g/mol. The van der Waals surface area contributed by atoms with Crippen molar-refractivity contribution >= 4 is 44.8 Å². The lowest BCUT2D eigenvalue weighted by Crippen LogP contribution is -2.48. The maximum Gasteiger partial charge on any atom is 0.252 e. The van der Waals surface area contributed by atoms with Crippen LogP contribution in [0.15, 0.2) is 46.3 Å². The van der Waals surface area contributed by atoms with Crippen LogP contribution in [0.3, 0.4) is 0 Å². The van der Waals surface area contributed by atoms with Gasteiger partial charge in [-0.25, -0.2) is 0 Å². The molecule has 0 radical (unpaired) electrons. The van der Waals surface area contributed by atoms with Crippen molar-refractivity contribution in [3.8, 4) is 0 Å². The number of ether oxygens (including phenoxy) is 1. The Kier molecular flexibility index (Phi) is 5.65. The van der Waals surface area contributed by atoms with Crippen LogP contribution < -0.4 is 5.32 Å². The van der Waals surface area contributed by atoms with Crippen LogP contribution in [0, 0.1) is 0 Å². The highest BCUT2D eigenvalue weighted by molar-refractivity contribution is 9.10. The lowest BCUT2D eigenvalue weighted by atomic mass is 10.1. The molecule has 1 fully saturated rings. The molecular formula is C17H17BrN2O3S. The minimum atomic E-state index is -0.714. The summed E-state index contributed by atoms with van der Waals surface area (Å²) >= 11 is 4.97. The van der Waals surface area contributed by atoms with Crippen molar-refractivity contribution in [2.75, 3.05) is 18.5 Å². The van der Waals surface area contributed by atoms with Crippen LogP contribution in [0.4, 0.5) is 5.69 Å². The third-order valence-electron chi connectivity index (χ3n) is 3.69. The van der Waals surface area contributed by atoms with E-state index in [4.69, 9.17) is 4.74 Å². The molecule has 1 saturated heterocycles. The number of carbonyl (C=O) groups excluding carboxylic acids is 2. The summed E-state index contributed by atoms with van der Waals surface area (Å²) in [7, 11) is 0. The zero-order valence-corrected chi connectivity index (χ0v) is 15.3. The van der Waals surface area contributed by atoms with Gasteiger partial charge in [0.15, 0.2) is 0 Å². The van der Waals surface area contributed by atoms with Crippen molar-refractivity contribution in [3.63, 3.8) is 0 Å². The van der Waals surface area contributed by atoms with Gasteiger partial charge in [0.2, 0.25) is 5.91 Å². The number of morpholine rings is 1. The second-order valence-corrected chi connectivity index (χ2v) is 7.41. The molecular weight excluding hydrogens is 392 g/mol. The lowest BCUT2D eigenvalue weighted by Gasteiger charge is -2.32. The second-order valence-electron chi connectivity index (χ2n) is 5.46. The van der Waals surface area contributed by atoms with Gasteiger partial charge in [0.25, 0.3) is 5.91 Å². The molecule has 0 unspecified atom stereocenters. The van der Waals surface area contributed by atoms with Crippen LogP contribution in [0.1, 0.15) is 11.3 Å². The van der Waals surface area contributed by atoms with Crippen molar-refractivity contribution in [2.24, 2.45) is 0 Å². The molecule has 0 saturated carbocycles. The van der Waals surface area contributed by atoms with E-state index >= 15 is 0 Å². The van der Waals surface area contributed by atoms with Gasteiger partial charge in [-0.1, -0.05) is 22.0 Å². The van der Waals surface area contributed by atoms with Gasteiger partial charge < -0.3 is 15.0 Å². The van der Waals surface area contributed by atoms with Gasteiger partial charge in [0, 0.05) is 21.6 Å². The van der Waals surface area contributed by atoms with Crippen molar-refractivity contribution in [1.82, 2.24) is 4.90 Å². The van der Waals surface area contributed by atoms with Crippen molar-refractivity contribution in [3.05, 3.63) is 51.1 Å². The van der Waals surface area contributed by atoms with Crippen molar-refractivity contribution in [2.45, 2.75) is 19.1 Å². The smallest absolute Gasteiger partial charge is 0.252 e. The van der Waals surface area contributed by atoms with E-state index < -0.39 is 6.10 Å². The molecule has 7 heteroatoms. The minimum absolute atomic E-state index is 0.0236. The van der Waals surface area contributed by atoms with Crippen molar-refractivity contribution in [1.29, 1.82) is 0 Å². The van der Waals surface area contributed by atoms with E-state index in [0.29, 0.717) is 25.4 Å². The monoisotopic (exact) mass is 408 g/mol. The van der Waals surface area contributed by atoms with Gasteiger partial charge in [-0.2, -0.15) is 0 Å². The number of halogens is 1. The van der Waals surface area contributed by atoms with E-state index in [9.17, 15) is 9.59 Å². The Labute approximate surface area is 152 Å².